The molecule has 0 aliphatic rings. The van der Waals surface area contributed by atoms with Gasteiger partial charge in [-0.15, -0.1) is 0 Å². The molecule has 0 spiro atoms. The van der Waals surface area contributed by atoms with Crippen molar-refractivity contribution in [3.63, 3.8) is 0 Å². The summed E-state index contributed by atoms with van der Waals surface area (Å²) in [6.07, 6.45) is -0.759. The summed E-state index contributed by atoms with van der Waals surface area (Å²) in [4.78, 5) is 54.2. The monoisotopic (exact) mass is 382 g/mol. The largest absolute Gasteiger partial charge is 0.412 e. The van der Waals surface area contributed by atoms with E-state index in [2.05, 4.69) is 48.9 Å². The van der Waals surface area contributed by atoms with Crippen LogP contribution in [0.4, 0.5) is 0 Å². The molecular weight excluding hydrogens is 352 g/mol. The molecule has 0 unspecified atom stereocenters. The highest BCUT2D eigenvalue weighted by atomic mass is 17.2. The van der Waals surface area contributed by atoms with Crippen molar-refractivity contribution in [2.24, 2.45) is 0 Å². The lowest BCUT2D eigenvalue weighted by molar-refractivity contribution is -0.376. The molecule has 0 aliphatic carbocycles. The molecule has 0 rings (SSSR count). The molecule has 0 aromatic rings. The standard InChI is InChI=1S/2C6H14O6.H2O/c2*1-7-10-4-6(12-9-3)5-11-8-2;/h2*6H,4-5H2,1-3H3;1H2. The van der Waals surface area contributed by atoms with Crippen LogP contribution in [0.2, 0.25) is 0 Å². The zero-order valence-electron chi connectivity index (χ0n) is 15.4. The Bertz CT molecular complexity index is 183. The third-order valence-corrected chi connectivity index (χ3v) is 1.95. The lowest BCUT2D eigenvalue weighted by atomic mass is 10.4. The van der Waals surface area contributed by atoms with Gasteiger partial charge in [-0.25, -0.2) is 58.7 Å². The van der Waals surface area contributed by atoms with Gasteiger partial charge in [-0.05, 0) is 0 Å². The molecule has 2 N–H and O–H groups in total. The van der Waals surface area contributed by atoms with Gasteiger partial charge in [-0.2, -0.15) is 0 Å². The second-order valence-corrected chi connectivity index (χ2v) is 3.57. The van der Waals surface area contributed by atoms with Gasteiger partial charge in [0.2, 0.25) is 0 Å². The zero-order valence-corrected chi connectivity index (χ0v) is 15.4. The predicted molar refractivity (Wildman–Crippen MR) is 79.2 cm³/mol. The van der Waals surface area contributed by atoms with Crippen molar-refractivity contribution in [2.45, 2.75) is 12.2 Å². The first-order chi connectivity index (χ1) is 11.7. The topological polar surface area (TPSA) is 142 Å². The maximum atomic E-state index is 4.74. The minimum absolute atomic E-state index is 0. The average Bonchev–Trinajstić information content (AvgIpc) is 2.60. The molecule has 0 amide bonds. The van der Waals surface area contributed by atoms with Gasteiger partial charge in [0, 0.05) is 0 Å². The van der Waals surface area contributed by atoms with Crippen molar-refractivity contribution >= 4 is 0 Å². The fourth-order valence-corrected chi connectivity index (χ4v) is 1.06. The Morgan fingerprint density at radius 3 is 0.840 bits per heavy atom. The smallest absolute Gasteiger partial charge is 0.146 e. The predicted octanol–water partition coefficient (Wildman–Crippen LogP) is -0.647. The van der Waals surface area contributed by atoms with Gasteiger partial charge in [0.05, 0.1) is 42.7 Å². The molecular formula is C12H30O13. The second kappa shape index (κ2) is 25.7. The van der Waals surface area contributed by atoms with E-state index in [1.165, 1.54) is 42.7 Å². The van der Waals surface area contributed by atoms with Crippen molar-refractivity contribution in [1.29, 1.82) is 0 Å². The Labute approximate surface area is 146 Å². The van der Waals surface area contributed by atoms with E-state index in [1.807, 2.05) is 0 Å². The van der Waals surface area contributed by atoms with E-state index in [0.29, 0.717) is 0 Å². The van der Waals surface area contributed by atoms with Crippen LogP contribution < -0.4 is 0 Å². The SMILES string of the molecule is COOCC(COOC)OOC.COOCC(COOC)OOC.O. The van der Waals surface area contributed by atoms with Gasteiger partial charge in [-0.3, -0.25) is 0 Å². The fraction of sp³-hybridized carbons (Fsp3) is 1.00. The molecule has 25 heavy (non-hydrogen) atoms. The van der Waals surface area contributed by atoms with Crippen LogP contribution in [-0.2, 0) is 58.7 Å². The maximum absolute atomic E-state index is 4.74. The summed E-state index contributed by atoms with van der Waals surface area (Å²) >= 11 is 0. The van der Waals surface area contributed by atoms with E-state index in [-0.39, 0.29) is 44.1 Å². The minimum atomic E-state index is -0.380. The lowest BCUT2D eigenvalue weighted by Gasteiger charge is -2.12. The van der Waals surface area contributed by atoms with Crippen molar-refractivity contribution in [3.8, 4) is 0 Å². The summed E-state index contributed by atoms with van der Waals surface area (Å²) in [7, 11) is 8.41. The molecule has 0 atom stereocenters. The van der Waals surface area contributed by atoms with Crippen LogP contribution in [0.15, 0.2) is 0 Å². The molecule has 0 aromatic carbocycles. The Morgan fingerprint density at radius 2 is 0.680 bits per heavy atom. The first-order valence-corrected chi connectivity index (χ1v) is 6.71. The number of hydrogen-bond donors (Lipinski definition) is 0. The van der Waals surface area contributed by atoms with Crippen molar-refractivity contribution in [3.05, 3.63) is 0 Å². The lowest BCUT2D eigenvalue weighted by Crippen LogP contribution is -2.25. The molecule has 0 saturated carbocycles. The minimum Gasteiger partial charge on any atom is -0.412 e. The first kappa shape index (κ1) is 29.3. The highest BCUT2D eigenvalue weighted by Gasteiger charge is 2.12. The van der Waals surface area contributed by atoms with E-state index in [0.717, 1.165) is 0 Å². The highest BCUT2D eigenvalue weighted by Crippen LogP contribution is 1.96. The molecule has 156 valence electrons. The highest BCUT2D eigenvalue weighted by molar-refractivity contribution is 4.49. The normalized spacial score (nSPS) is 10.6. The van der Waals surface area contributed by atoms with Crippen LogP contribution in [0.25, 0.3) is 0 Å². The molecule has 0 saturated heterocycles. The van der Waals surface area contributed by atoms with E-state index in [1.54, 1.807) is 0 Å². The molecule has 0 aliphatic heterocycles. The van der Waals surface area contributed by atoms with Gasteiger partial charge in [0.15, 0.2) is 0 Å². The van der Waals surface area contributed by atoms with Gasteiger partial charge in [-0.1, -0.05) is 0 Å². The van der Waals surface area contributed by atoms with Crippen LogP contribution >= 0.6 is 0 Å². The van der Waals surface area contributed by atoms with E-state index >= 15 is 0 Å². The average molecular weight is 382 g/mol. The van der Waals surface area contributed by atoms with E-state index in [9.17, 15) is 0 Å². The Kier molecular flexibility index (Phi) is 30.1. The van der Waals surface area contributed by atoms with Crippen LogP contribution in [-0.4, -0.2) is 86.8 Å². The third kappa shape index (κ3) is 23.5. The Balaban J connectivity index is -0.000000372. The maximum Gasteiger partial charge on any atom is 0.146 e. The number of rotatable bonds is 16. The summed E-state index contributed by atoms with van der Waals surface area (Å²) in [5.74, 6) is 0. The summed E-state index contributed by atoms with van der Waals surface area (Å²) in [6.45, 7) is 0.808. The first-order valence-electron chi connectivity index (χ1n) is 6.71. The molecule has 0 radical (unpaired) electrons. The van der Waals surface area contributed by atoms with Crippen molar-refractivity contribution in [1.82, 2.24) is 0 Å². The van der Waals surface area contributed by atoms with E-state index in [4.69, 9.17) is 9.78 Å². The molecule has 0 fully saturated rings. The molecule has 13 nitrogen and oxygen atoms in total. The van der Waals surface area contributed by atoms with Gasteiger partial charge < -0.3 is 5.48 Å². The third-order valence-electron chi connectivity index (χ3n) is 1.95. The Morgan fingerprint density at radius 1 is 0.440 bits per heavy atom. The summed E-state index contributed by atoms with van der Waals surface area (Å²) in [5.41, 5.74) is 0. The fourth-order valence-electron chi connectivity index (χ4n) is 1.06. The van der Waals surface area contributed by atoms with E-state index < -0.39 is 0 Å². The second-order valence-electron chi connectivity index (χ2n) is 3.57. The zero-order chi connectivity index (χ0) is 18.5. The van der Waals surface area contributed by atoms with Gasteiger partial charge in [0.1, 0.15) is 38.6 Å². The summed E-state index contributed by atoms with van der Waals surface area (Å²) < 4.78 is 0. The van der Waals surface area contributed by atoms with Crippen LogP contribution in [0.3, 0.4) is 0 Å². The van der Waals surface area contributed by atoms with Crippen molar-refractivity contribution < 1.29 is 64.1 Å². The molecule has 0 bridgehead atoms. The quantitative estimate of drug-likeness (QED) is 0.247. The Hall–Kier alpha value is -0.520. The van der Waals surface area contributed by atoms with Crippen molar-refractivity contribution in [2.75, 3.05) is 69.1 Å². The van der Waals surface area contributed by atoms with Crippen LogP contribution in [0.1, 0.15) is 0 Å². The van der Waals surface area contributed by atoms with Crippen LogP contribution in [0, 0.1) is 0 Å². The summed E-state index contributed by atoms with van der Waals surface area (Å²) in [6, 6.07) is 0. The summed E-state index contributed by atoms with van der Waals surface area (Å²) in [5, 5.41) is 0. The molecule has 13 heteroatoms. The molecule has 0 aromatic heterocycles. The van der Waals surface area contributed by atoms with Crippen LogP contribution in [0.5, 0.6) is 0 Å². The van der Waals surface area contributed by atoms with Gasteiger partial charge >= 0.3 is 0 Å². The molecule has 0 heterocycles. The van der Waals surface area contributed by atoms with Gasteiger partial charge in [0.25, 0.3) is 0 Å². The number of hydrogen-bond acceptors (Lipinski definition) is 12.